The fourth-order valence-electron chi connectivity index (χ4n) is 9.79. The summed E-state index contributed by atoms with van der Waals surface area (Å²) in [7, 11) is 0. The molecule has 0 fully saturated rings. The number of anilines is 6. The molecule has 0 heterocycles. The summed E-state index contributed by atoms with van der Waals surface area (Å²) in [5, 5.41) is 8.30. The molecule has 0 atom stereocenters. The molecule has 0 aliphatic carbocycles. The molecule has 0 N–H and O–H groups in total. The van der Waals surface area contributed by atoms with Crippen molar-refractivity contribution in [2.45, 2.75) is 0 Å². The monoisotopic (exact) mass is 834 g/mol. The van der Waals surface area contributed by atoms with Crippen molar-refractivity contribution >= 4 is 110 Å². The quantitative estimate of drug-likeness (QED) is 0.0713. The van der Waals surface area contributed by atoms with Crippen LogP contribution in [0.2, 0.25) is 0 Å². The minimum atomic E-state index is -1.86. The van der Waals surface area contributed by atoms with E-state index in [1.807, 2.05) is 170 Å². The molecule has 304 valence electrons. The van der Waals surface area contributed by atoms with Crippen molar-refractivity contribution in [3.05, 3.63) is 230 Å². The highest BCUT2D eigenvalue weighted by molar-refractivity contribution is 6.39. The number of hydrogen-bond donors (Lipinski definition) is 0. The SMILES string of the molecule is Fc1c(F)c(F)c2c3cc(N(c4ccccc4)c4ccc5ccccc5c4)c4ccccc4c3c3c4ccccc4c(N(c4ccccc4)c4ccc5ccccc5c4)cc3c2c1F. The van der Waals surface area contributed by atoms with E-state index in [1.165, 1.54) is 0 Å². The summed E-state index contributed by atoms with van der Waals surface area (Å²) in [6.45, 7) is 0. The van der Waals surface area contributed by atoms with Crippen molar-refractivity contribution in [3.63, 3.8) is 0 Å². The molecule has 6 heteroatoms. The average Bonchev–Trinajstić information content (AvgIpc) is 3.35. The Balaban J connectivity index is 1.26. The molecule has 0 saturated carbocycles. The normalized spacial score (nSPS) is 11.8. The van der Waals surface area contributed by atoms with E-state index in [0.717, 1.165) is 65.8 Å². The third kappa shape index (κ3) is 5.72. The van der Waals surface area contributed by atoms with Gasteiger partial charge in [-0.15, -0.1) is 0 Å². The lowest BCUT2D eigenvalue weighted by Crippen LogP contribution is -2.11. The second-order valence-corrected chi connectivity index (χ2v) is 16.1. The van der Waals surface area contributed by atoms with Crippen LogP contribution < -0.4 is 9.80 Å². The zero-order chi connectivity index (χ0) is 43.1. The third-order valence-corrected chi connectivity index (χ3v) is 12.6. The second-order valence-electron chi connectivity index (χ2n) is 16.1. The molecule has 0 saturated heterocycles. The Bertz CT molecular complexity index is 3600. The van der Waals surface area contributed by atoms with Gasteiger partial charge in [-0.3, -0.25) is 0 Å². The number of benzene rings is 12. The molecule has 12 aromatic carbocycles. The molecule has 0 unspecified atom stereocenters. The first-order chi connectivity index (χ1) is 31.4. The first-order valence-corrected chi connectivity index (χ1v) is 21.1. The Morgan fingerprint density at radius 1 is 0.234 bits per heavy atom. The highest BCUT2D eigenvalue weighted by atomic mass is 19.2. The predicted octanol–water partition coefficient (Wildman–Crippen LogP) is 17.3. The number of rotatable bonds is 6. The van der Waals surface area contributed by atoms with Gasteiger partial charge in [-0.25, -0.2) is 17.6 Å². The van der Waals surface area contributed by atoms with Gasteiger partial charge in [-0.2, -0.15) is 0 Å². The van der Waals surface area contributed by atoms with Crippen LogP contribution in [0.25, 0.3) is 75.4 Å². The molecule has 0 radical (unpaired) electrons. The van der Waals surface area contributed by atoms with Crippen molar-refractivity contribution in [1.82, 2.24) is 0 Å². The molecule has 12 rings (SSSR count). The molecule has 0 bridgehead atoms. The van der Waals surface area contributed by atoms with Gasteiger partial charge in [0.15, 0.2) is 23.3 Å². The Hall–Kier alpha value is -8.22. The molecule has 0 amide bonds. The van der Waals surface area contributed by atoms with Crippen LogP contribution in [0.4, 0.5) is 51.7 Å². The van der Waals surface area contributed by atoms with Crippen LogP contribution in [-0.4, -0.2) is 0 Å². The lowest BCUT2D eigenvalue weighted by molar-refractivity contribution is 0.418. The summed E-state index contributed by atoms with van der Waals surface area (Å²) < 4.78 is 66.0. The summed E-state index contributed by atoms with van der Waals surface area (Å²) in [5.41, 5.74) is 4.60. The molecule has 0 aliphatic rings. The Labute approximate surface area is 365 Å². The lowest BCUT2D eigenvalue weighted by atomic mass is 9.86. The fourth-order valence-corrected chi connectivity index (χ4v) is 9.79. The third-order valence-electron chi connectivity index (χ3n) is 12.6. The van der Waals surface area contributed by atoms with Crippen LogP contribution in [0.5, 0.6) is 0 Å². The van der Waals surface area contributed by atoms with Gasteiger partial charge in [0.25, 0.3) is 0 Å². The highest BCUT2D eigenvalue weighted by Gasteiger charge is 2.29. The number of nitrogens with zero attached hydrogens (tertiary/aromatic N) is 2. The van der Waals surface area contributed by atoms with E-state index in [2.05, 4.69) is 46.2 Å². The van der Waals surface area contributed by atoms with Crippen molar-refractivity contribution in [1.29, 1.82) is 0 Å². The zero-order valence-electron chi connectivity index (χ0n) is 34.0. The molecule has 2 nitrogen and oxygen atoms in total. The fraction of sp³-hybridized carbons (Fsp3) is 0. The summed E-state index contributed by atoms with van der Waals surface area (Å²) >= 11 is 0. The molecule has 0 aliphatic heterocycles. The Kier molecular flexibility index (Phi) is 8.63. The van der Waals surface area contributed by atoms with Gasteiger partial charge in [-0.05, 0) is 115 Å². The van der Waals surface area contributed by atoms with Crippen LogP contribution >= 0.6 is 0 Å². The average molecular weight is 835 g/mol. The largest absolute Gasteiger partial charge is 0.310 e. The van der Waals surface area contributed by atoms with Gasteiger partial charge in [0.2, 0.25) is 0 Å². The Morgan fingerprint density at radius 2 is 0.578 bits per heavy atom. The summed E-state index contributed by atoms with van der Waals surface area (Å²) in [6.07, 6.45) is 0. The maximum atomic E-state index is 17.1. The van der Waals surface area contributed by atoms with Crippen LogP contribution in [0, 0.1) is 23.3 Å². The van der Waals surface area contributed by atoms with Gasteiger partial charge >= 0.3 is 0 Å². The molecular weight excluding hydrogens is 801 g/mol. The predicted molar refractivity (Wildman–Crippen MR) is 258 cm³/mol. The molecular formula is C58H34F4N2. The van der Waals surface area contributed by atoms with E-state index in [0.29, 0.717) is 22.1 Å². The molecule has 12 aromatic rings. The minimum Gasteiger partial charge on any atom is -0.310 e. The number of halogens is 4. The van der Waals surface area contributed by atoms with Gasteiger partial charge in [0.1, 0.15) is 0 Å². The van der Waals surface area contributed by atoms with Crippen molar-refractivity contribution < 1.29 is 17.6 Å². The second kappa shape index (κ2) is 14.7. The minimum absolute atomic E-state index is 0.251. The Morgan fingerprint density at radius 3 is 0.984 bits per heavy atom. The lowest BCUT2D eigenvalue weighted by Gasteiger charge is -2.30. The van der Waals surface area contributed by atoms with E-state index in [1.54, 1.807) is 0 Å². The topological polar surface area (TPSA) is 6.48 Å². The van der Waals surface area contributed by atoms with Gasteiger partial charge in [-0.1, -0.05) is 146 Å². The maximum absolute atomic E-state index is 17.1. The number of hydrogen-bond acceptors (Lipinski definition) is 2. The van der Waals surface area contributed by atoms with Crippen molar-refractivity contribution in [3.8, 4) is 0 Å². The van der Waals surface area contributed by atoms with E-state index < -0.39 is 23.3 Å². The van der Waals surface area contributed by atoms with Gasteiger partial charge in [0, 0.05) is 44.3 Å². The first-order valence-electron chi connectivity index (χ1n) is 21.1. The van der Waals surface area contributed by atoms with Crippen molar-refractivity contribution in [2.24, 2.45) is 0 Å². The van der Waals surface area contributed by atoms with E-state index >= 15 is 17.6 Å². The molecule has 0 spiro atoms. The summed E-state index contributed by atoms with van der Waals surface area (Å²) in [6, 6.07) is 67.5. The smallest absolute Gasteiger partial charge is 0.198 e. The molecule has 64 heavy (non-hydrogen) atoms. The van der Waals surface area contributed by atoms with E-state index in [9.17, 15) is 0 Å². The number of fused-ring (bicyclic) bond motifs is 12. The van der Waals surface area contributed by atoms with Gasteiger partial charge in [0.05, 0.1) is 11.4 Å². The van der Waals surface area contributed by atoms with Crippen molar-refractivity contribution in [2.75, 3.05) is 9.80 Å². The van der Waals surface area contributed by atoms with Crippen LogP contribution in [0.15, 0.2) is 206 Å². The first kappa shape index (κ1) is 37.5. The van der Waals surface area contributed by atoms with Crippen LogP contribution in [0.1, 0.15) is 0 Å². The molecule has 0 aromatic heterocycles. The maximum Gasteiger partial charge on any atom is 0.198 e. The van der Waals surface area contributed by atoms with Gasteiger partial charge < -0.3 is 9.80 Å². The van der Waals surface area contributed by atoms with E-state index in [4.69, 9.17) is 0 Å². The van der Waals surface area contributed by atoms with Crippen LogP contribution in [-0.2, 0) is 0 Å². The van der Waals surface area contributed by atoms with Crippen LogP contribution in [0.3, 0.4) is 0 Å². The van der Waals surface area contributed by atoms with E-state index in [-0.39, 0.29) is 21.5 Å². The number of para-hydroxylation sites is 2. The standard InChI is InChI=1S/C58H34F4N2/c59-55-53-47-33-49(63(39-19-3-1-4-20-39)41-29-27-35-15-7-9-17-37(35)31-41)43-23-11-13-25-45(43)51(47)52-46-26-14-12-24-44(46)50(34-48(52)54(53)56(60)58(62)57(55)61)64(40-21-5-2-6-22-40)42-30-28-36-16-8-10-18-38(36)32-42/h1-34H. The zero-order valence-corrected chi connectivity index (χ0v) is 34.0. The summed E-state index contributed by atoms with van der Waals surface area (Å²) in [5.74, 6) is -6.64. The highest BCUT2D eigenvalue weighted by Crippen LogP contribution is 2.52. The summed E-state index contributed by atoms with van der Waals surface area (Å²) in [4.78, 5) is 4.17.